The van der Waals surface area contributed by atoms with Crippen molar-refractivity contribution in [2.24, 2.45) is 6.98 Å². The van der Waals surface area contributed by atoms with Gasteiger partial charge >= 0.3 is 0 Å². The highest BCUT2D eigenvalue weighted by Gasteiger charge is 2.08. The smallest absolute Gasteiger partial charge is 0.217 e. The first kappa shape index (κ1) is 4.46. The van der Waals surface area contributed by atoms with E-state index in [4.69, 9.17) is 4.11 Å². The molecule has 0 fully saturated rings. The minimum atomic E-state index is -2.41. The van der Waals surface area contributed by atoms with Gasteiger partial charge < -0.3 is 5.11 Å². The zero-order valence-corrected chi connectivity index (χ0v) is 6.83. The number of aliphatic hydroxyl groups is 1. The summed E-state index contributed by atoms with van der Waals surface area (Å²) in [6.07, 6.45) is -0.959. The average molecular weight is 209 g/mol. The predicted octanol–water partition coefficient (Wildman–Crippen LogP) is 0.631. The molecule has 0 bridgehead atoms. The Morgan fingerprint density at radius 2 is 2.60 bits per heavy atom. The Bertz CT molecular complexity index is 308. The summed E-state index contributed by atoms with van der Waals surface area (Å²) in [5.74, 6) is 0.0203. The lowest BCUT2D eigenvalue weighted by Crippen LogP contribution is -2.02. The summed E-state index contributed by atoms with van der Waals surface area (Å²) >= 11 is 2.94. The van der Waals surface area contributed by atoms with Crippen LogP contribution in [-0.4, -0.2) is 19.9 Å². The minimum Gasteiger partial charge on any atom is -0.385 e. The van der Waals surface area contributed by atoms with E-state index in [0.717, 1.165) is 4.68 Å². The molecule has 0 aliphatic heterocycles. The van der Waals surface area contributed by atoms with E-state index in [0.29, 0.717) is 0 Å². The molecule has 1 atom stereocenters. The Hall–Kier alpha value is -0.420. The number of rotatable bonds is 1. The van der Waals surface area contributed by atoms with Crippen molar-refractivity contribution in [1.29, 1.82) is 0 Å². The van der Waals surface area contributed by atoms with Gasteiger partial charge in [0.05, 0.1) is 0 Å². The lowest BCUT2D eigenvalue weighted by molar-refractivity contribution is 0.184. The first-order valence-electron chi connectivity index (χ1n) is 4.13. The summed E-state index contributed by atoms with van der Waals surface area (Å²) in [6, 6.07) is 0. The normalized spacial score (nSPS) is 19.3. The summed E-state index contributed by atoms with van der Waals surface area (Å²) in [7, 11) is 0. The SMILES string of the molecule is [2H]C([2H])([2H])n1nc(Br)nc1[C@@H](C)O. The molecule has 1 aromatic rings. The second-order valence-corrected chi connectivity index (χ2v) is 2.54. The van der Waals surface area contributed by atoms with E-state index in [9.17, 15) is 5.11 Å². The standard InChI is InChI=1S/C5H8BrN3O/c1-3(10)4-7-5(6)8-9(4)2/h3,10H,1-2H3/t3-/m1/s1/i2D3. The molecule has 56 valence electrons. The molecule has 1 N–H and O–H groups in total. The molecule has 0 saturated heterocycles. The molecule has 0 aliphatic carbocycles. The van der Waals surface area contributed by atoms with Gasteiger partial charge in [-0.1, -0.05) is 0 Å². The third-order valence-electron chi connectivity index (χ3n) is 0.980. The molecule has 0 aromatic carbocycles. The quantitative estimate of drug-likeness (QED) is 0.737. The Morgan fingerprint density at radius 3 is 3.00 bits per heavy atom. The molecule has 4 nitrogen and oxygen atoms in total. The van der Waals surface area contributed by atoms with E-state index in [1.807, 2.05) is 0 Å². The highest BCUT2D eigenvalue weighted by Crippen LogP contribution is 2.10. The van der Waals surface area contributed by atoms with Crippen LogP contribution >= 0.6 is 15.9 Å². The largest absolute Gasteiger partial charge is 0.385 e. The molecule has 0 radical (unpaired) electrons. The number of nitrogens with zero attached hydrogens (tertiary/aromatic N) is 3. The molecule has 10 heavy (non-hydrogen) atoms. The van der Waals surface area contributed by atoms with E-state index >= 15 is 0 Å². The van der Waals surface area contributed by atoms with Gasteiger partial charge in [-0.3, -0.25) is 0 Å². The van der Waals surface area contributed by atoms with Crippen LogP contribution in [0, 0.1) is 0 Å². The number of hydrogen-bond acceptors (Lipinski definition) is 3. The van der Waals surface area contributed by atoms with Crippen LogP contribution in [0.4, 0.5) is 0 Å². The van der Waals surface area contributed by atoms with Crippen LogP contribution in [-0.2, 0) is 6.98 Å². The van der Waals surface area contributed by atoms with Gasteiger partial charge in [-0.05, 0) is 22.9 Å². The highest BCUT2D eigenvalue weighted by molar-refractivity contribution is 9.10. The van der Waals surface area contributed by atoms with Crippen LogP contribution in [0.1, 0.15) is 23.0 Å². The van der Waals surface area contributed by atoms with E-state index in [1.54, 1.807) is 0 Å². The van der Waals surface area contributed by atoms with Crippen molar-refractivity contribution in [3.05, 3.63) is 10.6 Å². The minimum absolute atomic E-state index is 0.0203. The number of aliphatic hydroxyl groups excluding tert-OH is 1. The van der Waals surface area contributed by atoms with Crippen LogP contribution < -0.4 is 0 Å². The molecule has 1 rings (SSSR count). The van der Waals surface area contributed by atoms with Crippen LogP contribution in [0.5, 0.6) is 0 Å². The fourth-order valence-electron chi connectivity index (χ4n) is 0.568. The van der Waals surface area contributed by atoms with Crippen LogP contribution in [0.2, 0.25) is 0 Å². The van der Waals surface area contributed by atoms with Crippen molar-refractivity contribution >= 4 is 15.9 Å². The van der Waals surface area contributed by atoms with Crippen molar-refractivity contribution in [2.45, 2.75) is 13.0 Å². The Kier molecular flexibility index (Phi) is 1.19. The Morgan fingerprint density at radius 1 is 1.90 bits per heavy atom. The van der Waals surface area contributed by atoms with Gasteiger partial charge in [-0.25, -0.2) is 9.67 Å². The number of hydrogen-bond donors (Lipinski definition) is 1. The zero-order valence-electron chi connectivity index (χ0n) is 8.24. The lowest BCUT2D eigenvalue weighted by Gasteiger charge is -1.99. The summed E-state index contributed by atoms with van der Waals surface area (Å²) in [6.45, 7) is -0.982. The van der Waals surface area contributed by atoms with Gasteiger partial charge in [0.15, 0.2) is 5.82 Å². The third kappa shape index (κ3) is 1.35. The van der Waals surface area contributed by atoms with Gasteiger partial charge in [-0.2, -0.15) is 0 Å². The molecular formula is C5H8BrN3O. The fraction of sp³-hybridized carbons (Fsp3) is 0.600. The Balaban J connectivity index is 3.20. The van der Waals surface area contributed by atoms with Gasteiger partial charge in [0, 0.05) is 11.1 Å². The highest BCUT2D eigenvalue weighted by atomic mass is 79.9. The Labute approximate surface area is 71.2 Å². The van der Waals surface area contributed by atoms with Gasteiger partial charge in [0.2, 0.25) is 4.73 Å². The third-order valence-corrected chi connectivity index (χ3v) is 1.32. The molecule has 0 amide bonds. The molecule has 1 heterocycles. The number of aromatic nitrogens is 3. The molecule has 0 spiro atoms. The monoisotopic (exact) mass is 208 g/mol. The molecule has 5 heteroatoms. The van der Waals surface area contributed by atoms with E-state index in [1.165, 1.54) is 6.92 Å². The maximum Gasteiger partial charge on any atom is 0.217 e. The first-order chi connectivity index (χ1) is 5.82. The number of aryl methyl sites for hydroxylation is 1. The van der Waals surface area contributed by atoms with Crippen LogP contribution in [0.15, 0.2) is 4.73 Å². The summed E-state index contributed by atoms with van der Waals surface area (Å²) in [5, 5.41) is 12.8. The lowest BCUT2D eigenvalue weighted by atomic mass is 10.4. The summed E-state index contributed by atoms with van der Waals surface area (Å²) < 4.78 is 22.1. The van der Waals surface area contributed by atoms with Crippen molar-refractivity contribution in [3.63, 3.8) is 0 Å². The van der Waals surface area contributed by atoms with Crippen LogP contribution in [0.3, 0.4) is 0 Å². The molecule has 1 aromatic heterocycles. The van der Waals surface area contributed by atoms with Crippen LogP contribution in [0.25, 0.3) is 0 Å². The summed E-state index contributed by atoms with van der Waals surface area (Å²) in [4.78, 5) is 3.74. The fourth-order valence-corrected chi connectivity index (χ4v) is 0.909. The van der Waals surface area contributed by atoms with E-state index < -0.39 is 13.1 Å². The molecular weight excluding hydrogens is 198 g/mol. The topological polar surface area (TPSA) is 50.9 Å². The van der Waals surface area contributed by atoms with Gasteiger partial charge in [0.25, 0.3) is 0 Å². The maximum absolute atomic E-state index is 9.19. The zero-order chi connectivity index (χ0) is 10.2. The van der Waals surface area contributed by atoms with Crippen molar-refractivity contribution in [1.82, 2.24) is 14.8 Å². The molecule has 0 unspecified atom stereocenters. The molecule has 0 saturated carbocycles. The van der Waals surface area contributed by atoms with Crippen molar-refractivity contribution in [3.8, 4) is 0 Å². The van der Waals surface area contributed by atoms with Crippen molar-refractivity contribution < 1.29 is 9.22 Å². The van der Waals surface area contributed by atoms with E-state index in [2.05, 4.69) is 26.0 Å². The van der Waals surface area contributed by atoms with Gasteiger partial charge in [0.1, 0.15) is 6.10 Å². The second kappa shape index (κ2) is 2.67. The second-order valence-electron chi connectivity index (χ2n) is 1.83. The predicted molar refractivity (Wildman–Crippen MR) is 39.3 cm³/mol. The average Bonchev–Trinajstić information content (AvgIpc) is 2.29. The number of halogens is 1. The first-order valence-corrected chi connectivity index (χ1v) is 3.42. The van der Waals surface area contributed by atoms with E-state index in [-0.39, 0.29) is 10.6 Å². The molecule has 0 aliphatic rings. The summed E-state index contributed by atoms with van der Waals surface area (Å²) in [5.41, 5.74) is 0. The van der Waals surface area contributed by atoms with Gasteiger partial charge in [-0.15, -0.1) is 5.10 Å². The van der Waals surface area contributed by atoms with Crippen molar-refractivity contribution in [2.75, 3.05) is 0 Å². The maximum atomic E-state index is 9.19.